The summed E-state index contributed by atoms with van der Waals surface area (Å²) in [5, 5.41) is 9.28. The summed E-state index contributed by atoms with van der Waals surface area (Å²) < 4.78 is 74.0. The lowest BCUT2D eigenvalue weighted by molar-refractivity contribution is -0.139. The van der Waals surface area contributed by atoms with Gasteiger partial charge in [-0.2, -0.15) is 13.2 Å². The zero-order chi connectivity index (χ0) is 34.6. The Morgan fingerprint density at radius 1 is 0.875 bits per heavy atom. The number of carbonyl (C=O) groups is 2. The van der Waals surface area contributed by atoms with Gasteiger partial charge in [-0.05, 0) is 65.4 Å². The second kappa shape index (κ2) is 14.1. The molecule has 0 saturated carbocycles. The first-order valence-corrected chi connectivity index (χ1v) is 14.7. The van der Waals surface area contributed by atoms with E-state index < -0.39 is 36.0 Å². The van der Waals surface area contributed by atoms with Crippen molar-refractivity contribution in [2.45, 2.75) is 32.1 Å². The van der Waals surface area contributed by atoms with Crippen LogP contribution in [0.3, 0.4) is 0 Å². The van der Waals surface area contributed by atoms with E-state index in [1.807, 2.05) is 0 Å². The van der Waals surface area contributed by atoms with Gasteiger partial charge in [0.15, 0.2) is 23.7 Å². The number of aromatic nitrogens is 1. The molecular weight excluding hydrogens is 635 g/mol. The number of aryl methyl sites for hydroxylation is 2. The Morgan fingerprint density at radius 2 is 1.54 bits per heavy atom. The Morgan fingerprint density at radius 3 is 2.19 bits per heavy atom. The number of carboxylic acid groups (broad SMARTS) is 1. The van der Waals surface area contributed by atoms with E-state index in [9.17, 15) is 36.3 Å². The number of aliphatic carboxylic acids is 1. The highest BCUT2D eigenvalue weighted by molar-refractivity contribution is 5.84. The van der Waals surface area contributed by atoms with E-state index in [-0.39, 0.29) is 54.0 Å². The number of halogens is 5. The van der Waals surface area contributed by atoms with Gasteiger partial charge in [0, 0.05) is 36.8 Å². The molecule has 1 heterocycles. The first kappa shape index (κ1) is 33.8. The van der Waals surface area contributed by atoms with Crippen molar-refractivity contribution >= 4 is 22.8 Å². The standard InChI is InChI=1S/C36H29F5N2O5/c1-42(19-22-5-7-23(8-6-22)24-9-12-26(13-10-24)36(39,40)41)33(45)20-43-27(14-11-25-3-2-4-30(37)35(25)38)17-32(44)29-16-15-28(18-31(29)43)48-21-34(46)47/h2-10,12-13,15-18H,11,14,19-21H2,1H3,(H,46,47). The van der Waals surface area contributed by atoms with Gasteiger partial charge in [-0.3, -0.25) is 9.59 Å². The number of alkyl halides is 3. The number of rotatable bonds is 11. The quantitative estimate of drug-likeness (QED) is 0.156. The van der Waals surface area contributed by atoms with Crippen LogP contribution in [-0.4, -0.2) is 40.1 Å². The van der Waals surface area contributed by atoms with E-state index >= 15 is 0 Å². The third-order valence-corrected chi connectivity index (χ3v) is 7.85. The monoisotopic (exact) mass is 664 g/mol. The van der Waals surface area contributed by atoms with Crippen LogP contribution in [0.15, 0.2) is 95.8 Å². The molecule has 5 rings (SSSR count). The van der Waals surface area contributed by atoms with Crippen molar-refractivity contribution in [2.75, 3.05) is 13.7 Å². The van der Waals surface area contributed by atoms with E-state index in [1.165, 1.54) is 53.4 Å². The van der Waals surface area contributed by atoms with E-state index in [2.05, 4.69) is 0 Å². The molecule has 5 aromatic rings. The Hall–Kier alpha value is -5.52. The van der Waals surface area contributed by atoms with E-state index in [1.54, 1.807) is 35.9 Å². The van der Waals surface area contributed by atoms with Gasteiger partial charge in [0.2, 0.25) is 5.91 Å². The van der Waals surface area contributed by atoms with Gasteiger partial charge in [-0.15, -0.1) is 0 Å². The summed E-state index contributed by atoms with van der Waals surface area (Å²) in [6, 6.07) is 21.3. The molecule has 12 heteroatoms. The molecule has 0 bridgehead atoms. The summed E-state index contributed by atoms with van der Waals surface area (Å²) in [6.07, 6.45) is -4.33. The highest BCUT2D eigenvalue weighted by Crippen LogP contribution is 2.31. The molecule has 0 aliphatic rings. The second-order valence-electron chi connectivity index (χ2n) is 11.2. The maximum absolute atomic E-state index is 14.4. The third kappa shape index (κ3) is 7.88. The Balaban J connectivity index is 1.39. The zero-order valence-electron chi connectivity index (χ0n) is 25.6. The molecule has 0 fully saturated rings. The molecular formula is C36H29F5N2O5. The molecule has 1 amide bonds. The molecule has 0 aliphatic heterocycles. The molecule has 1 aromatic heterocycles. The number of carbonyl (C=O) groups excluding carboxylic acids is 1. The van der Waals surface area contributed by atoms with Crippen LogP contribution in [0.5, 0.6) is 5.75 Å². The predicted octanol–water partition coefficient (Wildman–Crippen LogP) is 6.87. The molecule has 0 spiro atoms. The van der Waals surface area contributed by atoms with Crippen molar-refractivity contribution in [1.82, 2.24) is 9.47 Å². The third-order valence-electron chi connectivity index (χ3n) is 7.85. The molecule has 1 N–H and O–H groups in total. The van der Waals surface area contributed by atoms with E-state index in [0.717, 1.165) is 23.8 Å². The smallest absolute Gasteiger partial charge is 0.416 e. The number of amides is 1. The first-order chi connectivity index (χ1) is 22.8. The van der Waals surface area contributed by atoms with Crippen LogP contribution in [0.1, 0.15) is 22.4 Å². The molecule has 248 valence electrons. The maximum atomic E-state index is 14.4. The average molecular weight is 665 g/mol. The molecule has 0 atom stereocenters. The van der Waals surface area contributed by atoms with Gasteiger partial charge >= 0.3 is 12.1 Å². The van der Waals surface area contributed by atoms with Gasteiger partial charge < -0.3 is 19.3 Å². The fourth-order valence-corrected chi connectivity index (χ4v) is 5.31. The number of carboxylic acids is 1. The molecule has 0 saturated heterocycles. The molecule has 48 heavy (non-hydrogen) atoms. The Kier molecular flexibility index (Phi) is 9.92. The number of likely N-dealkylation sites (N-methyl/N-ethyl adjacent to an activating group) is 1. The lowest BCUT2D eigenvalue weighted by atomic mass is 10.0. The van der Waals surface area contributed by atoms with Gasteiger partial charge in [-0.1, -0.05) is 48.5 Å². The molecule has 7 nitrogen and oxygen atoms in total. The molecule has 0 aliphatic carbocycles. The molecule has 0 radical (unpaired) electrons. The number of benzene rings is 4. The Labute approximate surface area is 271 Å². The lowest BCUT2D eigenvalue weighted by Crippen LogP contribution is -2.31. The number of nitrogens with zero attached hydrogens (tertiary/aromatic N) is 2. The van der Waals surface area contributed by atoms with Crippen LogP contribution in [0.25, 0.3) is 22.0 Å². The van der Waals surface area contributed by atoms with Gasteiger partial charge in [0.05, 0.1) is 11.1 Å². The van der Waals surface area contributed by atoms with Crippen molar-refractivity contribution in [3.63, 3.8) is 0 Å². The van der Waals surface area contributed by atoms with Crippen molar-refractivity contribution < 1.29 is 41.4 Å². The number of hydrogen-bond donors (Lipinski definition) is 1. The van der Waals surface area contributed by atoms with E-state index in [4.69, 9.17) is 9.84 Å². The topological polar surface area (TPSA) is 88.8 Å². The van der Waals surface area contributed by atoms with Crippen LogP contribution in [0.4, 0.5) is 22.0 Å². The largest absolute Gasteiger partial charge is 0.482 e. The molecule has 4 aromatic carbocycles. The summed E-state index contributed by atoms with van der Waals surface area (Å²) in [5.41, 5.74) is 1.68. The van der Waals surface area contributed by atoms with Crippen molar-refractivity contribution in [3.05, 3.63) is 135 Å². The minimum absolute atomic E-state index is 0.0268. The fourth-order valence-electron chi connectivity index (χ4n) is 5.31. The van der Waals surface area contributed by atoms with Crippen molar-refractivity contribution in [3.8, 4) is 16.9 Å². The highest BCUT2D eigenvalue weighted by Gasteiger charge is 2.30. The minimum atomic E-state index is -4.43. The number of ether oxygens (including phenoxy) is 1. The van der Waals surface area contributed by atoms with Crippen molar-refractivity contribution in [2.24, 2.45) is 0 Å². The highest BCUT2D eigenvalue weighted by atomic mass is 19.4. The summed E-state index contributed by atoms with van der Waals surface area (Å²) in [4.78, 5) is 39.2. The summed E-state index contributed by atoms with van der Waals surface area (Å²) in [5.74, 6) is -3.42. The average Bonchev–Trinajstić information content (AvgIpc) is 3.05. The van der Waals surface area contributed by atoms with Gasteiger partial charge in [-0.25, -0.2) is 13.6 Å². The summed E-state index contributed by atoms with van der Waals surface area (Å²) in [7, 11) is 1.58. The fraction of sp³-hybridized carbons (Fsp3) is 0.194. The van der Waals surface area contributed by atoms with Crippen LogP contribution in [0, 0.1) is 11.6 Å². The maximum Gasteiger partial charge on any atom is 0.416 e. The molecule has 0 unspecified atom stereocenters. The van der Waals surface area contributed by atoms with Crippen LogP contribution in [0.2, 0.25) is 0 Å². The summed E-state index contributed by atoms with van der Waals surface area (Å²) in [6.45, 7) is -0.699. The van der Waals surface area contributed by atoms with Gasteiger partial charge in [0.1, 0.15) is 12.3 Å². The summed E-state index contributed by atoms with van der Waals surface area (Å²) >= 11 is 0. The number of hydrogen-bond acceptors (Lipinski definition) is 4. The minimum Gasteiger partial charge on any atom is -0.482 e. The second-order valence-corrected chi connectivity index (χ2v) is 11.2. The number of pyridine rings is 1. The van der Waals surface area contributed by atoms with Crippen LogP contribution in [-0.2, 0) is 41.7 Å². The Bertz CT molecular complexity index is 2020. The predicted molar refractivity (Wildman–Crippen MR) is 168 cm³/mol. The SMILES string of the molecule is CN(Cc1ccc(-c2ccc(C(F)(F)F)cc2)cc1)C(=O)Cn1c(CCc2cccc(F)c2F)cc(=O)c2ccc(OCC(=O)O)cc21. The lowest BCUT2D eigenvalue weighted by Gasteiger charge is -2.22. The first-order valence-electron chi connectivity index (χ1n) is 14.7. The van der Waals surface area contributed by atoms with E-state index in [0.29, 0.717) is 22.3 Å². The van der Waals surface area contributed by atoms with Gasteiger partial charge in [0.25, 0.3) is 0 Å². The van der Waals surface area contributed by atoms with Crippen LogP contribution < -0.4 is 10.2 Å². The van der Waals surface area contributed by atoms with Crippen molar-refractivity contribution in [1.29, 1.82) is 0 Å². The number of fused-ring (bicyclic) bond motifs is 1. The van der Waals surface area contributed by atoms with Crippen LogP contribution >= 0.6 is 0 Å². The zero-order valence-corrected chi connectivity index (χ0v) is 25.6. The normalized spacial score (nSPS) is 11.5.